The second-order valence-corrected chi connectivity index (χ2v) is 10.2. The summed E-state index contributed by atoms with van der Waals surface area (Å²) in [6.45, 7) is 1.47. The average Bonchev–Trinajstić information content (AvgIpc) is 3.24. The van der Waals surface area contributed by atoms with Crippen LogP contribution < -0.4 is 0 Å². The summed E-state index contributed by atoms with van der Waals surface area (Å²) >= 11 is 10.7. The van der Waals surface area contributed by atoms with Crippen molar-refractivity contribution in [2.45, 2.75) is 44.5 Å². The molecular weight excluding hydrogens is 543 g/mol. The maximum atomic E-state index is 11.5. The maximum absolute atomic E-state index is 11.5. The number of carbonyl (C=O) groups is 1. The third-order valence-electron chi connectivity index (χ3n) is 5.39. The van der Waals surface area contributed by atoms with Crippen LogP contribution in [0.2, 0.25) is 5.02 Å². The van der Waals surface area contributed by atoms with E-state index in [-0.39, 0.29) is 24.3 Å². The van der Waals surface area contributed by atoms with Crippen LogP contribution in [0.1, 0.15) is 41.9 Å². The van der Waals surface area contributed by atoms with E-state index >= 15 is 0 Å². The van der Waals surface area contributed by atoms with Crippen molar-refractivity contribution in [3.63, 3.8) is 0 Å². The number of halogens is 2. The monoisotopic (exact) mass is 566 g/mol. The van der Waals surface area contributed by atoms with Gasteiger partial charge in [0.2, 0.25) is 0 Å². The van der Waals surface area contributed by atoms with Crippen molar-refractivity contribution in [1.82, 2.24) is 0 Å². The lowest BCUT2D eigenvalue weighted by atomic mass is 9.94. The molecule has 1 aliphatic rings. The fraction of sp³-hybridized carbons (Fsp3) is 0.320. The third kappa shape index (κ3) is 5.89. The Labute approximate surface area is 205 Å². The van der Waals surface area contributed by atoms with Crippen LogP contribution in [0.3, 0.4) is 0 Å². The highest BCUT2D eigenvalue weighted by atomic mass is 127. The zero-order valence-electron chi connectivity index (χ0n) is 17.2. The summed E-state index contributed by atoms with van der Waals surface area (Å²) < 4.78 is 12.7. The van der Waals surface area contributed by atoms with Crippen LogP contribution in [0.4, 0.5) is 0 Å². The molecule has 2 aromatic carbocycles. The normalized spacial score (nSPS) is 21.1. The first kappa shape index (κ1) is 22.8. The fourth-order valence-electron chi connectivity index (χ4n) is 3.97. The highest BCUT2D eigenvalue weighted by Gasteiger charge is 2.32. The fourth-order valence-corrected chi connectivity index (χ4v) is 5.75. The quantitative estimate of drug-likeness (QED) is 0.179. The van der Waals surface area contributed by atoms with Gasteiger partial charge in [-0.2, -0.15) is 0 Å². The Morgan fingerprint density at radius 2 is 1.97 bits per heavy atom. The molecule has 0 saturated carbocycles. The topological polar surface area (TPSA) is 35.5 Å². The molecule has 2 heterocycles. The van der Waals surface area contributed by atoms with Crippen LogP contribution in [-0.2, 0) is 20.7 Å². The van der Waals surface area contributed by atoms with Gasteiger partial charge in [0.05, 0.1) is 12.2 Å². The molecular formula is C25H24ClIO3S. The van der Waals surface area contributed by atoms with E-state index in [1.54, 1.807) is 11.3 Å². The summed E-state index contributed by atoms with van der Waals surface area (Å²) in [5.41, 5.74) is 3.41. The van der Waals surface area contributed by atoms with Crippen LogP contribution in [0, 0.1) is 0 Å². The number of alkyl halides is 1. The van der Waals surface area contributed by atoms with Crippen LogP contribution in [-0.4, -0.2) is 22.6 Å². The number of hydrogen-bond acceptors (Lipinski definition) is 4. The molecule has 1 aliphatic heterocycles. The van der Waals surface area contributed by atoms with Crippen LogP contribution in [0.5, 0.6) is 0 Å². The largest absolute Gasteiger partial charge is 0.462 e. The van der Waals surface area contributed by atoms with Gasteiger partial charge < -0.3 is 9.47 Å². The maximum Gasteiger partial charge on any atom is 0.302 e. The highest BCUT2D eigenvalue weighted by Crippen LogP contribution is 2.36. The zero-order valence-corrected chi connectivity index (χ0v) is 21.0. The van der Waals surface area contributed by atoms with E-state index < -0.39 is 0 Å². The SMILES string of the molecule is CC(=O)OC1CC(CI)O[C@@H](c2ccc(Cl)c(Cc3ccc(-c4ccccc4)s3)c2)C1. The van der Waals surface area contributed by atoms with Gasteiger partial charge in [0.1, 0.15) is 6.10 Å². The van der Waals surface area contributed by atoms with Gasteiger partial charge in [0.15, 0.2) is 0 Å². The second kappa shape index (κ2) is 10.5. The van der Waals surface area contributed by atoms with E-state index in [1.165, 1.54) is 22.2 Å². The lowest BCUT2D eigenvalue weighted by molar-refractivity contribution is -0.158. The van der Waals surface area contributed by atoms with Gasteiger partial charge in [-0.1, -0.05) is 76.7 Å². The molecule has 2 unspecified atom stereocenters. The number of benzene rings is 2. The van der Waals surface area contributed by atoms with E-state index in [1.807, 2.05) is 18.2 Å². The van der Waals surface area contributed by atoms with Gasteiger partial charge in [-0.25, -0.2) is 0 Å². The Morgan fingerprint density at radius 3 is 2.71 bits per heavy atom. The minimum Gasteiger partial charge on any atom is -0.462 e. The molecule has 3 aromatic rings. The first-order valence-corrected chi connectivity index (χ1v) is 13.0. The van der Waals surface area contributed by atoms with Crippen molar-refractivity contribution in [3.8, 4) is 10.4 Å². The van der Waals surface area contributed by atoms with Gasteiger partial charge in [-0.15, -0.1) is 11.3 Å². The number of ether oxygens (including phenoxy) is 2. The van der Waals surface area contributed by atoms with Crippen molar-refractivity contribution < 1.29 is 14.3 Å². The number of esters is 1. The number of thiophene rings is 1. The molecule has 4 rings (SSSR count). The van der Waals surface area contributed by atoms with Gasteiger partial charge >= 0.3 is 5.97 Å². The van der Waals surface area contributed by atoms with Crippen molar-refractivity contribution >= 4 is 51.5 Å². The first-order valence-electron chi connectivity index (χ1n) is 10.3. The molecule has 31 heavy (non-hydrogen) atoms. The number of rotatable bonds is 6. The summed E-state index contributed by atoms with van der Waals surface area (Å²) in [5, 5.41) is 0.760. The van der Waals surface area contributed by atoms with Gasteiger partial charge in [-0.3, -0.25) is 4.79 Å². The van der Waals surface area contributed by atoms with Crippen molar-refractivity contribution in [2.75, 3.05) is 4.43 Å². The average molecular weight is 567 g/mol. The van der Waals surface area contributed by atoms with Crippen molar-refractivity contribution in [3.05, 3.63) is 81.7 Å². The molecule has 0 N–H and O–H groups in total. The van der Waals surface area contributed by atoms with Crippen molar-refractivity contribution in [2.24, 2.45) is 0 Å². The molecule has 0 bridgehead atoms. The van der Waals surface area contributed by atoms with E-state index in [0.717, 1.165) is 33.4 Å². The van der Waals surface area contributed by atoms with Crippen LogP contribution in [0.25, 0.3) is 10.4 Å². The molecule has 0 amide bonds. The second-order valence-electron chi connectivity index (χ2n) is 7.76. The summed E-state index contributed by atoms with van der Waals surface area (Å²) in [6.07, 6.45) is 2.06. The minimum atomic E-state index is -0.235. The van der Waals surface area contributed by atoms with E-state index in [0.29, 0.717) is 6.42 Å². The Hall–Kier alpha value is -1.41. The van der Waals surface area contributed by atoms with Crippen molar-refractivity contribution in [1.29, 1.82) is 0 Å². The summed E-state index contributed by atoms with van der Waals surface area (Å²) in [7, 11) is 0. The Kier molecular flexibility index (Phi) is 7.69. The van der Waals surface area contributed by atoms with E-state index in [2.05, 4.69) is 65.1 Å². The number of hydrogen-bond donors (Lipinski definition) is 0. The summed E-state index contributed by atoms with van der Waals surface area (Å²) in [4.78, 5) is 14.0. The molecule has 0 aliphatic carbocycles. The third-order valence-corrected chi connectivity index (χ3v) is 7.88. The minimum absolute atomic E-state index is 0.0774. The summed E-state index contributed by atoms with van der Waals surface area (Å²) in [5.74, 6) is -0.235. The summed E-state index contributed by atoms with van der Waals surface area (Å²) in [6, 6.07) is 20.9. The molecule has 1 aromatic heterocycles. The van der Waals surface area contributed by atoms with E-state index in [9.17, 15) is 4.79 Å². The Bertz CT molecular complexity index is 1040. The molecule has 162 valence electrons. The Morgan fingerprint density at radius 1 is 1.16 bits per heavy atom. The highest BCUT2D eigenvalue weighted by molar-refractivity contribution is 14.1. The lowest BCUT2D eigenvalue weighted by Gasteiger charge is -2.34. The van der Waals surface area contributed by atoms with Crippen LogP contribution >= 0.6 is 45.5 Å². The molecule has 1 saturated heterocycles. The predicted molar refractivity (Wildman–Crippen MR) is 135 cm³/mol. The van der Waals surface area contributed by atoms with Gasteiger partial charge in [0.25, 0.3) is 0 Å². The lowest BCUT2D eigenvalue weighted by Crippen LogP contribution is -2.34. The van der Waals surface area contributed by atoms with Gasteiger partial charge in [0, 0.05) is 45.4 Å². The Balaban J connectivity index is 1.53. The van der Waals surface area contributed by atoms with Gasteiger partial charge in [-0.05, 0) is 34.9 Å². The standard InChI is InChI=1S/C25H24ClIO3S/c1-16(28)29-20-13-21(15-27)30-24(14-20)18-7-9-23(26)19(11-18)12-22-8-10-25(31-22)17-5-3-2-4-6-17/h2-11,20-21,24H,12-15H2,1H3/t20?,21?,24-/m1/s1. The molecule has 0 radical (unpaired) electrons. The first-order chi connectivity index (χ1) is 15.0. The molecule has 3 atom stereocenters. The van der Waals surface area contributed by atoms with Crippen LogP contribution in [0.15, 0.2) is 60.7 Å². The molecule has 6 heteroatoms. The predicted octanol–water partition coefficient (Wildman–Crippen LogP) is 7.25. The molecule has 3 nitrogen and oxygen atoms in total. The molecule has 0 spiro atoms. The molecule has 1 fully saturated rings. The van der Waals surface area contributed by atoms with E-state index in [4.69, 9.17) is 21.1 Å². The zero-order chi connectivity index (χ0) is 21.8. The number of carbonyl (C=O) groups excluding carboxylic acids is 1. The smallest absolute Gasteiger partial charge is 0.302 e.